The molecular formula is C26H49NO3. The molecule has 0 N–H and O–H groups in total. The van der Waals surface area contributed by atoms with Crippen molar-refractivity contribution < 1.29 is 14.3 Å². The molecule has 0 aliphatic carbocycles. The van der Waals surface area contributed by atoms with Crippen molar-refractivity contribution in [2.75, 3.05) is 13.7 Å². The largest absolute Gasteiger partial charge is 0.498 e. The van der Waals surface area contributed by atoms with Crippen molar-refractivity contribution in [1.29, 1.82) is 0 Å². The van der Waals surface area contributed by atoms with Gasteiger partial charge in [-0.2, -0.15) is 0 Å². The Morgan fingerprint density at radius 2 is 1.57 bits per heavy atom. The van der Waals surface area contributed by atoms with Crippen LogP contribution < -0.4 is 0 Å². The van der Waals surface area contributed by atoms with Crippen molar-refractivity contribution in [3.63, 3.8) is 0 Å². The number of carbonyl (C=O) groups is 1. The number of aliphatic imine (C=N–C) groups is 1. The topological polar surface area (TPSA) is 47.9 Å². The van der Waals surface area contributed by atoms with Crippen LogP contribution in [0, 0.1) is 5.41 Å². The molecule has 4 heteroatoms. The van der Waals surface area contributed by atoms with E-state index in [4.69, 9.17) is 9.47 Å². The van der Waals surface area contributed by atoms with Crippen LogP contribution >= 0.6 is 0 Å². The van der Waals surface area contributed by atoms with Crippen molar-refractivity contribution in [3.8, 4) is 0 Å². The average molecular weight is 424 g/mol. The van der Waals surface area contributed by atoms with Gasteiger partial charge in [0.15, 0.2) is 0 Å². The number of methoxy groups -OCH3 is 1. The fourth-order valence-corrected chi connectivity index (χ4v) is 3.34. The number of carbonyl (C=O) groups excluding carboxylic acids is 1. The maximum atomic E-state index is 11.7. The molecule has 30 heavy (non-hydrogen) atoms. The molecule has 1 atom stereocenters. The lowest BCUT2D eigenvalue weighted by Gasteiger charge is -2.21. The third-order valence-electron chi connectivity index (χ3n) is 5.46. The number of hydrogen-bond donors (Lipinski definition) is 0. The molecule has 0 spiro atoms. The molecule has 1 unspecified atom stereocenters. The number of unbranched alkanes of at least 4 members (excludes halogenated alkanes) is 8. The summed E-state index contributed by atoms with van der Waals surface area (Å²) in [7, 11) is 1.41. The van der Waals surface area contributed by atoms with Crippen LogP contribution in [0.15, 0.2) is 16.8 Å². The van der Waals surface area contributed by atoms with Gasteiger partial charge in [-0.1, -0.05) is 86.0 Å². The van der Waals surface area contributed by atoms with E-state index in [0.717, 1.165) is 25.0 Å². The van der Waals surface area contributed by atoms with Gasteiger partial charge in [0.05, 0.1) is 19.5 Å². The van der Waals surface area contributed by atoms with Gasteiger partial charge in [0.2, 0.25) is 0 Å². The smallest absolute Gasteiger partial charge is 0.330 e. The predicted molar refractivity (Wildman–Crippen MR) is 129 cm³/mol. The SMILES string of the molecule is CCC=C(CCCCCCCCCCC)OCCC(C)(C)/C=N/C(CC)C(=O)OC. The first kappa shape index (κ1) is 28.7. The Morgan fingerprint density at radius 3 is 2.10 bits per heavy atom. The molecule has 0 heterocycles. The van der Waals surface area contributed by atoms with Gasteiger partial charge in [-0.05, 0) is 31.8 Å². The zero-order chi connectivity index (χ0) is 22.7. The molecule has 0 amide bonds. The minimum absolute atomic E-state index is 0.115. The predicted octanol–water partition coefficient (Wildman–Crippen LogP) is 7.66. The highest BCUT2D eigenvalue weighted by molar-refractivity contribution is 5.78. The summed E-state index contributed by atoms with van der Waals surface area (Å²) in [4.78, 5) is 16.1. The van der Waals surface area contributed by atoms with E-state index < -0.39 is 6.04 Å². The van der Waals surface area contributed by atoms with Crippen LogP contribution in [0.1, 0.15) is 118 Å². The maximum Gasteiger partial charge on any atom is 0.330 e. The van der Waals surface area contributed by atoms with Crippen molar-refractivity contribution in [2.45, 2.75) is 124 Å². The summed E-state index contributed by atoms with van der Waals surface area (Å²) in [6, 6.07) is -0.405. The summed E-state index contributed by atoms with van der Waals surface area (Å²) in [5.74, 6) is 0.865. The summed E-state index contributed by atoms with van der Waals surface area (Å²) in [6.07, 6.45) is 19.8. The molecule has 176 valence electrons. The van der Waals surface area contributed by atoms with Crippen LogP contribution in [0.5, 0.6) is 0 Å². The van der Waals surface area contributed by atoms with Crippen molar-refractivity contribution in [1.82, 2.24) is 0 Å². The molecule has 0 saturated heterocycles. The first-order chi connectivity index (χ1) is 14.4. The molecular weight excluding hydrogens is 374 g/mol. The fourth-order valence-electron chi connectivity index (χ4n) is 3.34. The summed E-state index contributed by atoms with van der Waals surface area (Å²) >= 11 is 0. The number of ether oxygens (including phenoxy) is 2. The van der Waals surface area contributed by atoms with E-state index in [0.29, 0.717) is 13.0 Å². The van der Waals surface area contributed by atoms with Crippen LogP contribution in [-0.4, -0.2) is 31.9 Å². The molecule has 0 aromatic rings. The highest BCUT2D eigenvalue weighted by Crippen LogP contribution is 2.21. The highest BCUT2D eigenvalue weighted by Gasteiger charge is 2.19. The minimum atomic E-state index is -0.405. The highest BCUT2D eigenvalue weighted by atomic mass is 16.5. The molecule has 0 aliphatic heterocycles. The number of esters is 1. The summed E-state index contributed by atoms with van der Waals surface area (Å²) < 4.78 is 10.9. The van der Waals surface area contributed by atoms with Gasteiger partial charge in [0.1, 0.15) is 6.04 Å². The van der Waals surface area contributed by atoms with E-state index in [1.165, 1.54) is 64.9 Å². The van der Waals surface area contributed by atoms with E-state index in [9.17, 15) is 4.79 Å². The Bertz CT molecular complexity index is 483. The number of allylic oxidation sites excluding steroid dienone is 2. The fraction of sp³-hybridized carbons (Fsp3) is 0.846. The first-order valence-electron chi connectivity index (χ1n) is 12.3. The second kappa shape index (κ2) is 18.4. The van der Waals surface area contributed by atoms with Gasteiger partial charge < -0.3 is 9.47 Å². The number of rotatable bonds is 19. The van der Waals surface area contributed by atoms with E-state index >= 15 is 0 Å². The maximum absolute atomic E-state index is 11.7. The molecule has 0 aromatic carbocycles. The first-order valence-corrected chi connectivity index (χ1v) is 12.3. The number of hydrogen-bond acceptors (Lipinski definition) is 4. The van der Waals surface area contributed by atoms with E-state index in [2.05, 4.69) is 38.8 Å². The third kappa shape index (κ3) is 15.5. The average Bonchev–Trinajstić information content (AvgIpc) is 2.72. The van der Waals surface area contributed by atoms with Gasteiger partial charge in [-0.25, -0.2) is 4.79 Å². The summed E-state index contributed by atoms with van der Waals surface area (Å²) in [6.45, 7) is 11.3. The standard InChI is InChI=1S/C26H49NO3/c1-7-10-11-12-13-14-15-16-17-19-23(18-8-2)30-21-20-26(4,5)22-27-24(9-3)25(28)29-6/h18,22,24H,7-17,19-21H2,1-6H3/b23-18?,27-22+. The molecule has 0 rings (SSSR count). The molecule has 0 saturated carbocycles. The Morgan fingerprint density at radius 1 is 0.967 bits per heavy atom. The zero-order valence-electron chi connectivity index (χ0n) is 20.8. The molecule has 0 bridgehead atoms. The Labute approximate surface area is 186 Å². The van der Waals surface area contributed by atoms with Crippen LogP contribution in [0.2, 0.25) is 0 Å². The Kier molecular flexibility index (Phi) is 17.6. The monoisotopic (exact) mass is 423 g/mol. The molecule has 0 fully saturated rings. The molecule has 0 radical (unpaired) electrons. The lowest BCUT2D eigenvalue weighted by molar-refractivity contribution is -0.142. The second-order valence-electron chi connectivity index (χ2n) is 8.97. The molecule has 0 aliphatic rings. The van der Waals surface area contributed by atoms with Crippen LogP contribution in [0.4, 0.5) is 0 Å². The second-order valence-corrected chi connectivity index (χ2v) is 8.97. The Balaban J connectivity index is 4.17. The van der Waals surface area contributed by atoms with Crippen LogP contribution in [0.25, 0.3) is 0 Å². The lowest BCUT2D eigenvalue weighted by Crippen LogP contribution is -2.23. The van der Waals surface area contributed by atoms with Gasteiger partial charge >= 0.3 is 5.97 Å². The molecule has 0 aromatic heterocycles. The Hall–Kier alpha value is -1.32. The molecule has 4 nitrogen and oxygen atoms in total. The lowest BCUT2D eigenvalue weighted by atomic mass is 9.91. The van der Waals surface area contributed by atoms with Gasteiger partial charge in [-0.15, -0.1) is 0 Å². The quantitative estimate of drug-likeness (QED) is 0.0927. The van der Waals surface area contributed by atoms with E-state index in [1.54, 1.807) is 0 Å². The summed E-state index contributed by atoms with van der Waals surface area (Å²) in [5, 5.41) is 0. The van der Waals surface area contributed by atoms with Crippen LogP contribution in [-0.2, 0) is 14.3 Å². The van der Waals surface area contributed by atoms with Gasteiger partial charge in [0.25, 0.3) is 0 Å². The van der Waals surface area contributed by atoms with E-state index in [1.807, 2.05) is 13.1 Å². The zero-order valence-corrected chi connectivity index (χ0v) is 20.8. The minimum Gasteiger partial charge on any atom is -0.498 e. The number of nitrogens with zero attached hydrogens (tertiary/aromatic N) is 1. The van der Waals surface area contributed by atoms with Gasteiger partial charge in [0, 0.05) is 18.1 Å². The summed E-state index contributed by atoms with van der Waals surface area (Å²) in [5.41, 5.74) is -0.115. The normalized spacial score (nSPS) is 13.6. The van der Waals surface area contributed by atoms with Crippen molar-refractivity contribution >= 4 is 12.2 Å². The third-order valence-corrected chi connectivity index (χ3v) is 5.46. The van der Waals surface area contributed by atoms with Crippen LogP contribution in [0.3, 0.4) is 0 Å². The van der Waals surface area contributed by atoms with E-state index in [-0.39, 0.29) is 11.4 Å². The van der Waals surface area contributed by atoms with Gasteiger partial charge in [-0.3, -0.25) is 4.99 Å². The van der Waals surface area contributed by atoms with Crippen molar-refractivity contribution in [3.05, 3.63) is 11.8 Å². The van der Waals surface area contributed by atoms with Crippen molar-refractivity contribution in [2.24, 2.45) is 10.4 Å².